The lowest BCUT2D eigenvalue weighted by Gasteiger charge is -2.35. The van der Waals surface area contributed by atoms with E-state index in [4.69, 9.17) is 18.9 Å². The van der Waals surface area contributed by atoms with Crippen molar-refractivity contribution < 1.29 is 38.1 Å². The van der Waals surface area contributed by atoms with Crippen molar-refractivity contribution in [2.75, 3.05) is 7.11 Å². The van der Waals surface area contributed by atoms with Crippen molar-refractivity contribution in [3.05, 3.63) is 0 Å². The van der Waals surface area contributed by atoms with Gasteiger partial charge in [0.2, 0.25) is 12.3 Å². The molecule has 0 aliphatic carbocycles. The molecule has 1 unspecified atom stereocenters. The maximum atomic E-state index is 13.2. The molecule has 0 aromatic carbocycles. The minimum Gasteiger partial charge on any atom is -0.458 e. The maximum Gasteiger partial charge on any atom is 0.411 e. The Morgan fingerprint density at radius 3 is 2.09 bits per heavy atom. The molecule has 5 atom stereocenters. The molecular weight excluding hydrogens is 432 g/mol. The van der Waals surface area contributed by atoms with E-state index in [0.717, 1.165) is 6.29 Å². The van der Waals surface area contributed by atoms with Crippen molar-refractivity contribution in [3.63, 3.8) is 0 Å². The van der Waals surface area contributed by atoms with Crippen molar-refractivity contribution in [2.45, 2.75) is 110 Å². The molecule has 0 aromatic heterocycles. The topological polar surface area (TPSA) is 120 Å². The summed E-state index contributed by atoms with van der Waals surface area (Å²) in [7, 11) is 1.39. The number of nitrogens with zero attached hydrogens (tertiary/aromatic N) is 1. The van der Waals surface area contributed by atoms with E-state index in [1.807, 2.05) is 6.92 Å². The molecule has 2 amide bonds. The molecule has 1 heterocycles. The lowest BCUT2D eigenvalue weighted by atomic mass is 9.95. The number of rotatable bonds is 9. The van der Waals surface area contributed by atoms with Gasteiger partial charge >= 0.3 is 12.1 Å². The van der Waals surface area contributed by atoms with Crippen LogP contribution in [0.4, 0.5) is 4.79 Å². The van der Waals surface area contributed by atoms with E-state index in [-0.39, 0.29) is 18.7 Å². The lowest BCUT2D eigenvalue weighted by Crippen LogP contribution is -2.50. The average molecular weight is 473 g/mol. The summed E-state index contributed by atoms with van der Waals surface area (Å²) < 4.78 is 22.1. The van der Waals surface area contributed by atoms with E-state index in [2.05, 4.69) is 5.32 Å². The zero-order valence-corrected chi connectivity index (χ0v) is 21.3. The number of ether oxygens (including phenoxy) is 4. The molecule has 0 aromatic rings. The van der Waals surface area contributed by atoms with Gasteiger partial charge in [-0.2, -0.15) is 0 Å². The quantitative estimate of drug-likeness (QED) is 0.309. The minimum atomic E-state index is -0.986. The number of carbonyl (C=O) groups is 4. The highest BCUT2D eigenvalue weighted by Gasteiger charge is 2.50. The van der Waals surface area contributed by atoms with Crippen LogP contribution in [0.5, 0.6) is 0 Å². The predicted molar refractivity (Wildman–Crippen MR) is 120 cm³/mol. The molecule has 0 radical (unpaired) electrons. The number of carbonyl (C=O) groups excluding carboxylic acids is 4. The summed E-state index contributed by atoms with van der Waals surface area (Å²) in [6.45, 7) is 13.6. The van der Waals surface area contributed by atoms with E-state index < -0.39 is 53.8 Å². The number of esters is 1. The summed E-state index contributed by atoms with van der Waals surface area (Å²) in [5.74, 6) is -1.54. The van der Waals surface area contributed by atoms with Gasteiger partial charge in [-0.25, -0.2) is 9.59 Å². The first-order valence-corrected chi connectivity index (χ1v) is 11.3. The van der Waals surface area contributed by atoms with Crippen LogP contribution in [-0.4, -0.2) is 72.1 Å². The minimum absolute atomic E-state index is 0.123. The molecule has 1 aliphatic rings. The Hall–Kier alpha value is -2.20. The van der Waals surface area contributed by atoms with Gasteiger partial charge in [0.15, 0.2) is 0 Å². The molecule has 0 spiro atoms. The molecule has 33 heavy (non-hydrogen) atoms. The third-order valence-corrected chi connectivity index (χ3v) is 4.95. The van der Waals surface area contributed by atoms with E-state index in [0.29, 0.717) is 6.42 Å². The van der Waals surface area contributed by atoms with Gasteiger partial charge in [-0.15, -0.1) is 0 Å². The Morgan fingerprint density at radius 1 is 1.09 bits per heavy atom. The van der Waals surface area contributed by atoms with Gasteiger partial charge in [-0.1, -0.05) is 6.92 Å². The van der Waals surface area contributed by atoms with Crippen LogP contribution in [0.25, 0.3) is 0 Å². The van der Waals surface area contributed by atoms with Crippen molar-refractivity contribution >= 4 is 24.3 Å². The van der Waals surface area contributed by atoms with E-state index in [1.165, 1.54) is 18.9 Å². The summed E-state index contributed by atoms with van der Waals surface area (Å²) in [5, 5.41) is 2.53. The Balaban J connectivity index is 3.24. The Bertz CT molecular complexity index is 698. The summed E-state index contributed by atoms with van der Waals surface area (Å²) in [5.41, 5.74) is -1.56. The third kappa shape index (κ3) is 9.29. The van der Waals surface area contributed by atoms with E-state index in [1.54, 1.807) is 41.5 Å². The fourth-order valence-corrected chi connectivity index (χ4v) is 3.63. The molecule has 1 rings (SSSR count). The second-order valence-electron chi connectivity index (χ2n) is 10.2. The van der Waals surface area contributed by atoms with Gasteiger partial charge in [-0.3, -0.25) is 9.69 Å². The predicted octanol–water partition coefficient (Wildman–Crippen LogP) is 2.77. The zero-order valence-electron chi connectivity index (χ0n) is 21.3. The average Bonchev–Trinajstić information content (AvgIpc) is 3.02. The first-order valence-electron chi connectivity index (χ1n) is 11.3. The van der Waals surface area contributed by atoms with Gasteiger partial charge in [-0.05, 0) is 60.8 Å². The van der Waals surface area contributed by atoms with Gasteiger partial charge in [0.25, 0.3) is 0 Å². The highest BCUT2D eigenvalue weighted by Crippen LogP contribution is 2.35. The van der Waals surface area contributed by atoms with Crippen LogP contribution in [0.3, 0.4) is 0 Å². The fraction of sp³-hybridized carbons (Fsp3) is 0.826. The van der Waals surface area contributed by atoms with Crippen LogP contribution in [0.15, 0.2) is 0 Å². The number of hydrogen-bond donors (Lipinski definition) is 1. The molecule has 1 saturated heterocycles. The molecule has 190 valence electrons. The van der Waals surface area contributed by atoms with E-state index in [9.17, 15) is 19.2 Å². The second kappa shape index (κ2) is 11.8. The summed E-state index contributed by atoms with van der Waals surface area (Å²) in [6.07, 6.45) is -0.540. The number of likely N-dealkylation sites (tertiary alicyclic amines) is 1. The second-order valence-corrected chi connectivity index (χ2v) is 10.2. The van der Waals surface area contributed by atoms with Crippen LogP contribution in [0, 0.1) is 5.92 Å². The number of nitrogens with one attached hydrogen (secondary N) is 1. The molecule has 1 fully saturated rings. The molecule has 1 N–H and O–H groups in total. The van der Waals surface area contributed by atoms with Crippen molar-refractivity contribution in [1.29, 1.82) is 0 Å². The number of methoxy groups -OCH3 is 1. The molecule has 0 saturated carbocycles. The number of aldehydes is 1. The summed E-state index contributed by atoms with van der Waals surface area (Å²) >= 11 is 0. The van der Waals surface area contributed by atoms with Crippen molar-refractivity contribution in [3.8, 4) is 0 Å². The monoisotopic (exact) mass is 472 g/mol. The maximum absolute atomic E-state index is 13.2. The summed E-state index contributed by atoms with van der Waals surface area (Å²) in [6, 6.07) is -1.62. The smallest absolute Gasteiger partial charge is 0.411 e. The molecule has 0 bridgehead atoms. The SMILES string of the molecule is CC[C@@H](C[C@@H]1[C@H](C=O)C[C@H](C(=O)OC(C)(C)C)N1C(=O)OC(C)(C)C)OC(NC(C)=O)OC. The Labute approximate surface area is 196 Å². The Morgan fingerprint density at radius 2 is 1.67 bits per heavy atom. The van der Waals surface area contributed by atoms with Crippen LogP contribution >= 0.6 is 0 Å². The van der Waals surface area contributed by atoms with Gasteiger partial charge in [0.1, 0.15) is 23.5 Å². The van der Waals surface area contributed by atoms with Gasteiger partial charge in [0, 0.05) is 26.0 Å². The first-order chi connectivity index (χ1) is 15.1. The standard InChI is InChI=1S/C23H40N2O8/c1-10-16(31-20(30-9)24-14(2)27)12-17-15(13-26)11-18(19(28)32-22(3,4)5)25(17)21(29)33-23(6,7)8/h13,15-18,20H,10-12H2,1-9H3,(H,24,27)/t15-,16-,17+,18+,20?/m0/s1. The van der Waals surface area contributed by atoms with Crippen molar-refractivity contribution in [1.82, 2.24) is 10.2 Å². The van der Waals surface area contributed by atoms with E-state index >= 15 is 0 Å². The zero-order chi connectivity index (χ0) is 25.6. The highest BCUT2D eigenvalue weighted by atomic mass is 16.7. The van der Waals surface area contributed by atoms with Crippen molar-refractivity contribution in [2.24, 2.45) is 5.92 Å². The van der Waals surface area contributed by atoms with Gasteiger partial charge < -0.3 is 29.1 Å². The highest BCUT2D eigenvalue weighted by molar-refractivity contribution is 5.84. The first kappa shape index (κ1) is 28.8. The van der Waals surface area contributed by atoms with Crippen LogP contribution in [0.1, 0.15) is 74.7 Å². The van der Waals surface area contributed by atoms with Crippen LogP contribution in [0.2, 0.25) is 0 Å². The molecule has 10 heteroatoms. The third-order valence-electron chi connectivity index (χ3n) is 4.95. The van der Waals surface area contributed by atoms with Crippen LogP contribution in [-0.2, 0) is 33.3 Å². The molecule has 1 aliphatic heterocycles. The van der Waals surface area contributed by atoms with Crippen LogP contribution < -0.4 is 5.32 Å². The fourth-order valence-electron chi connectivity index (χ4n) is 3.63. The lowest BCUT2D eigenvalue weighted by molar-refractivity contribution is -0.182. The molecular formula is C23H40N2O8. The molecule has 10 nitrogen and oxygen atoms in total. The van der Waals surface area contributed by atoms with Gasteiger partial charge in [0.05, 0.1) is 6.10 Å². The number of hydrogen-bond acceptors (Lipinski definition) is 8. The summed E-state index contributed by atoms with van der Waals surface area (Å²) in [4.78, 5) is 50.8. The largest absolute Gasteiger partial charge is 0.458 e. The normalized spacial score (nSPS) is 22.9. The Kier molecular flexibility index (Phi) is 10.3. The number of amides is 2.